The molecule has 146 valence electrons. The first-order valence-electron chi connectivity index (χ1n) is 8.77. The molecule has 4 rings (SSSR count). The summed E-state index contributed by atoms with van der Waals surface area (Å²) in [6.07, 6.45) is 1.69. The molecule has 9 heteroatoms. The molecule has 0 saturated carbocycles. The Morgan fingerprint density at radius 2 is 1.90 bits per heavy atom. The largest absolute Gasteiger partial charge is 0.439 e. The van der Waals surface area contributed by atoms with Crippen LogP contribution in [0.3, 0.4) is 0 Å². The number of pyridine rings is 1. The minimum Gasteiger partial charge on any atom is -0.439 e. The lowest BCUT2D eigenvalue weighted by Gasteiger charge is -2.13. The highest BCUT2D eigenvalue weighted by atomic mass is 35.5. The van der Waals surface area contributed by atoms with Gasteiger partial charge in [0, 0.05) is 18.8 Å². The van der Waals surface area contributed by atoms with Crippen molar-refractivity contribution in [2.45, 2.75) is 13.5 Å². The molecule has 0 unspecified atom stereocenters. The van der Waals surface area contributed by atoms with E-state index < -0.39 is 0 Å². The Balaban J connectivity index is 1.54. The molecule has 29 heavy (non-hydrogen) atoms. The highest BCUT2D eigenvalue weighted by Gasteiger charge is 2.14. The number of nitrogens with one attached hydrogen (secondary N) is 1. The van der Waals surface area contributed by atoms with Crippen molar-refractivity contribution in [2.24, 2.45) is 0 Å². The van der Waals surface area contributed by atoms with Crippen molar-refractivity contribution in [3.05, 3.63) is 82.0 Å². The molecule has 2 aromatic carbocycles. The molecule has 0 aliphatic rings. The summed E-state index contributed by atoms with van der Waals surface area (Å²) in [4.78, 5) is 4.20. The van der Waals surface area contributed by atoms with Crippen LogP contribution in [-0.2, 0) is 6.54 Å². The van der Waals surface area contributed by atoms with Crippen LogP contribution < -0.4 is 10.1 Å². The molecule has 0 atom stereocenters. The van der Waals surface area contributed by atoms with Gasteiger partial charge in [0.15, 0.2) is 0 Å². The van der Waals surface area contributed by atoms with Crippen molar-refractivity contribution in [2.75, 3.05) is 5.32 Å². The SMILES string of the molecule is Cc1c(CNc2nnnn2-c2cccc(Cl)c2Cl)cccc1Oc1ccccn1. The van der Waals surface area contributed by atoms with Gasteiger partial charge < -0.3 is 10.1 Å². The lowest BCUT2D eigenvalue weighted by Crippen LogP contribution is -2.09. The second-order valence-corrected chi connectivity index (χ2v) is 6.94. The molecule has 0 spiro atoms. The molecule has 0 bridgehead atoms. The van der Waals surface area contributed by atoms with Crippen LogP contribution in [0.2, 0.25) is 10.0 Å². The standard InChI is InChI=1S/C20H16Cl2N6O/c1-13-14(6-4-9-17(13)29-18-10-2-3-11-23-18)12-24-20-25-26-27-28(20)16-8-5-7-15(21)19(16)22/h2-11H,12H2,1H3,(H,24,25,27). The van der Waals surface area contributed by atoms with E-state index in [4.69, 9.17) is 27.9 Å². The second kappa shape index (κ2) is 8.46. The molecule has 1 N–H and O–H groups in total. The van der Waals surface area contributed by atoms with Crippen molar-refractivity contribution in [1.82, 2.24) is 25.2 Å². The van der Waals surface area contributed by atoms with E-state index in [-0.39, 0.29) is 0 Å². The maximum atomic E-state index is 6.30. The van der Waals surface area contributed by atoms with E-state index in [1.807, 2.05) is 43.3 Å². The Morgan fingerprint density at radius 3 is 2.72 bits per heavy atom. The molecule has 0 aliphatic carbocycles. The van der Waals surface area contributed by atoms with Crippen LogP contribution in [0.5, 0.6) is 11.6 Å². The molecule has 0 fully saturated rings. The summed E-state index contributed by atoms with van der Waals surface area (Å²) < 4.78 is 7.40. The Bertz CT molecular complexity index is 1130. The average Bonchev–Trinajstić information content (AvgIpc) is 3.20. The van der Waals surface area contributed by atoms with Gasteiger partial charge in [-0.3, -0.25) is 0 Å². The molecule has 2 aromatic heterocycles. The third-order valence-electron chi connectivity index (χ3n) is 4.31. The van der Waals surface area contributed by atoms with E-state index in [0.29, 0.717) is 34.1 Å². The molecule has 2 heterocycles. The van der Waals surface area contributed by atoms with Gasteiger partial charge in [0.05, 0.1) is 15.7 Å². The fourth-order valence-electron chi connectivity index (χ4n) is 2.77. The predicted molar refractivity (Wildman–Crippen MR) is 112 cm³/mol. The van der Waals surface area contributed by atoms with Crippen molar-refractivity contribution >= 4 is 29.2 Å². The van der Waals surface area contributed by atoms with E-state index in [2.05, 4.69) is 25.8 Å². The number of ether oxygens (including phenoxy) is 1. The third-order valence-corrected chi connectivity index (χ3v) is 5.12. The minimum absolute atomic E-state index is 0.381. The molecule has 0 saturated heterocycles. The van der Waals surface area contributed by atoms with Gasteiger partial charge in [-0.1, -0.05) is 52.6 Å². The second-order valence-electron chi connectivity index (χ2n) is 6.15. The summed E-state index contributed by atoms with van der Waals surface area (Å²) in [5.41, 5.74) is 2.62. The first-order valence-corrected chi connectivity index (χ1v) is 9.53. The quantitative estimate of drug-likeness (QED) is 0.463. The van der Waals surface area contributed by atoms with Crippen molar-refractivity contribution in [3.63, 3.8) is 0 Å². The highest BCUT2D eigenvalue weighted by molar-refractivity contribution is 6.43. The molecular weight excluding hydrogens is 411 g/mol. The van der Waals surface area contributed by atoms with Gasteiger partial charge in [-0.15, -0.1) is 0 Å². The number of tetrazole rings is 1. The molecule has 0 amide bonds. The summed E-state index contributed by atoms with van der Waals surface area (Å²) in [5.74, 6) is 1.73. The zero-order valence-corrected chi connectivity index (χ0v) is 16.9. The van der Waals surface area contributed by atoms with E-state index in [9.17, 15) is 0 Å². The zero-order chi connectivity index (χ0) is 20.2. The molecule has 4 aromatic rings. The lowest BCUT2D eigenvalue weighted by molar-refractivity contribution is 0.459. The highest BCUT2D eigenvalue weighted by Crippen LogP contribution is 2.30. The molecule has 7 nitrogen and oxygen atoms in total. The Hall–Kier alpha value is -3.16. The summed E-state index contributed by atoms with van der Waals surface area (Å²) in [7, 11) is 0. The van der Waals surface area contributed by atoms with Crippen LogP contribution in [-0.4, -0.2) is 25.2 Å². The molecular formula is C20H16Cl2N6O. The number of halogens is 2. The fraction of sp³-hybridized carbons (Fsp3) is 0.100. The van der Waals surface area contributed by atoms with Crippen LogP contribution in [0.1, 0.15) is 11.1 Å². The van der Waals surface area contributed by atoms with Gasteiger partial charge in [-0.2, -0.15) is 4.68 Å². The third kappa shape index (κ3) is 4.16. The number of anilines is 1. The van der Waals surface area contributed by atoms with Crippen LogP contribution >= 0.6 is 23.2 Å². The lowest BCUT2D eigenvalue weighted by atomic mass is 10.1. The Kier molecular flexibility index (Phi) is 5.59. The van der Waals surface area contributed by atoms with Crippen molar-refractivity contribution < 1.29 is 4.74 Å². The summed E-state index contributed by atoms with van der Waals surface area (Å²) in [6.45, 7) is 2.48. The summed E-state index contributed by atoms with van der Waals surface area (Å²) >= 11 is 12.4. The number of hydrogen-bond donors (Lipinski definition) is 1. The number of benzene rings is 2. The zero-order valence-electron chi connectivity index (χ0n) is 15.4. The molecule has 0 aliphatic heterocycles. The maximum Gasteiger partial charge on any atom is 0.248 e. The summed E-state index contributed by atoms with van der Waals surface area (Å²) in [5, 5.41) is 15.9. The normalized spacial score (nSPS) is 10.7. The van der Waals surface area contributed by atoms with E-state index in [1.165, 1.54) is 4.68 Å². The number of aromatic nitrogens is 5. The first kappa shape index (κ1) is 19.2. The van der Waals surface area contributed by atoms with Crippen molar-refractivity contribution in [3.8, 4) is 17.3 Å². The Labute approximate surface area is 177 Å². The van der Waals surface area contributed by atoms with Crippen LogP contribution in [0.25, 0.3) is 5.69 Å². The summed E-state index contributed by atoms with van der Waals surface area (Å²) in [6, 6.07) is 16.7. The van der Waals surface area contributed by atoms with Gasteiger partial charge >= 0.3 is 0 Å². The fourth-order valence-corrected chi connectivity index (χ4v) is 3.15. The molecule has 0 radical (unpaired) electrons. The van der Waals surface area contributed by atoms with Gasteiger partial charge in [-0.25, -0.2) is 4.98 Å². The van der Waals surface area contributed by atoms with E-state index >= 15 is 0 Å². The number of nitrogens with zero attached hydrogens (tertiary/aromatic N) is 5. The minimum atomic E-state index is 0.381. The van der Waals surface area contributed by atoms with Gasteiger partial charge in [-0.05, 0) is 52.7 Å². The first-order chi connectivity index (χ1) is 14.1. The number of hydrogen-bond acceptors (Lipinski definition) is 6. The smallest absolute Gasteiger partial charge is 0.248 e. The number of rotatable bonds is 6. The van der Waals surface area contributed by atoms with Crippen molar-refractivity contribution in [1.29, 1.82) is 0 Å². The van der Waals surface area contributed by atoms with Gasteiger partial charge in [0.2, 0.25) is 11.8 Å². The maximum absolute atomic E-state index is 6.30. The monoisotopic (exact) mass is 426 g/mol. The van der Waals surface area contributed by atoms with E-state index in [0.717, 1.165) is 16.9 Å². The van der Waals surface area contributed by atoms with E-state index in [1.54, 1.807) is 24.4 Å². The van der Waals surface area contributed by atoms with Gasteiger partial charge in [0.1, 0.15) is 5.75 Å². The van der Waals surface area contributed by atoms with Crippen LogP contribution in [0, 0.1) is 6.92 Å². The van der Waals surface area contributed by atoms with Gasteiger partial charge in [0.25, 0.3) is 0 Å². The Morgan fingerprint density at radius 1 is 1.03 bits per heavy atom. The topological polar surface area (TPSA) is 77.8 Å². The van der Waals surface area contributed by atoms with Crippen LogP contribution in [0.4, 0.5) is 5.95 Å². The average molecular weight is 427 g/mol. The van der Waals surface area contributed by atoms with Crippen LogP contribution in [0.15, 0.2) is 60.8 Å². The predicted octanol–water partition coefficient (Wildman–Crippen LogP) is 5.08.